The Hall–Kier alpha value is -1.74. The first-order valence-electron chi connectivity index (χ1n) is 6.95. The van der Waals surface area contributed by atoms with Gasteiger partial charge in [0.1, 0.15) is 0 Å². The van der Waals surface area contributed by atoms with Gasteiger partial charge in [0.15, 0.2) is 0 Å². The van der Waals surface area contributed by atoms with Crippen LogP contribution in [0.2, 0.25) is 0 Å². The summed E-state index contributed by atoms with van der Waals surface area (Å²) in [7, 11) is 0. The Morgan fingerprint density at radius 1 is 0.950 bits per heavy atom. The second-order valence-corrected chi connectivity index (χ2v) is 5.21. The highest BCUT2D eigenvalue weighted by Gasteiger charge is 2.34. The van der Waals surface area contributed by atoms with Crippen LogP contribution in [0, 0.1) is 0 Å². The second kappa shape index (κ2) is 5.33. The summed E-state index contributed by atoms with van der Waals surface area (Å²) in [5, 5.41) is 3.35. The maximum absolute atomic E-state index is 14.5. The Balaban J connectivity index is 1.95. The van der Waals surface area contributed by atoms with Crippen molar-refractivity contribution in [3.05, 3.63) is 71.3 Å². The highest BCUT2D eigenvalue weighted by atomic mass is 19.3. The molecule has 1 heterocycles. The number of hydrogen-bond acceptors (Lipinski definition) is 1. The predicted molar refractivity (Wildman–Crippen MR) is 75.9 cm³/mol. The Bertz CT molecular complexity index is 575. The number of benzene rings is 2. The lowest BCUT2D eigenvalue weighted by atomic mass is 9.96. The molecule has 104 valence electrons. The summed E-state index contributed by atoms with van der Waals surface area (Å²) in [6.45, 7) is 0.962. The Kier molecular flexibility index (Phi) is 3.53. The third-order valence-electron chi connectivity index (χ3n) is 3.85. The molecule has 2 aromatic carbocycles. The Morgan fingerprint density at radius 3 is 2.40 bits per heavy atom. The molecule has 0 saturated carbocycles. The standard InChI is InChI=1S/C17H17F2N/c18-17(19,14-7-2-1-3-8-14)15-9-4-6-13(12-15)16-10-5-11-20-16/h1-4,6-9,12,16,20H,5,10-11H2/t16-/m0/s1. The SMILES string of the molecule is FC(F)(c1ccccc1)c1cccc([C@@H]2CCCN2)c1. The van der Waals surface area contributed by atoms with Gasteiger partial charge in [-0.3, -0.25) is 0 Å². The topological polar surface area (TPSA) is 12.0 Å². The molecule has 1 nitrogen and oxygen atoms in total. The predicted octanol–water partition coefficient (Wildman–Crippen LogP) is 4.25. The number of hydrogen-bond donors (Lipinski definition) is 1. The molecule has 1 saturated heterocycles. The van der Waals surface area contributed by atoms with Gasteiger partial charge in [-0.25, -0.2) is 0 Å². The van der Waals surface area contributed by atoms with Gasteiger partial charge in [0, 0.05) is 17.2 Å². The van der Waals surface area contributed by atoms with Crippen LogP contribution in [-0.2, 0) is 5.92 Å². The van der Waals surface area contributed by atoms with Crippen LogP contribution < -0.4 is 5.32 Å². The van der Waals surface area contributed by atoms with E-state index in [9.17, 15) is 8.78 Å². The van der Waals surface area contributed by atoms with Crippen LogP contribution in [0.1, 0.15) is 35.6 Å². The molecule has 2 aromatic rings. The smallest absolute Gasteiger partial charge is 0.298 e. The lowest BCUT2D eigenvalue weighted by Gasteiger charge is -2.19. The normalized spacial score (nSPS) is 19.2. The van der Waals surface area contributed by atoms with Gasteiger partial charge in [0.05, 0.1) is 0 Å². The molecule has 0 spiro atoms. The number of alkyl halides is 2. The van der Waals surface area contributed by atoms with E-state index in [2.05, 4.69) is 5.32 Å². The Morgan fingerprint density at radius 2 is 1.70 bits per heavy atom. The number of rotatable bonds is 3. The van der Waals surface area contributed by atoms with E-state index in [1.54, 1.807) is 30.3 Å². The third-order valence-corrected chi connectivity index (χ3v) is 3.85. The van der Waals surface area contributed by atoms with E-state index >= 15 is 0 Å². The van der Waals surface area contributed by atoms with Crippen molar-refractivity contribution in [3.63, 3.8) is 0 Å². The summed E-state index contributed by atoms with van der Waals surface area (Å²) >= 11 is 0. The minimum absolute atomic E-state index is 0.0385. The molecule has 0 unspecified atom stereocenters. The van der Waals surface area contributed by atoms with Gasteiger partial charge in [-0.1, -0.05) is 48.5 Å². The van der Waals surface area contributed by atoms with Crippen molar-refractivity contribution in [2.45, 2.75) is 24.8 Å². The first kappa shape index (κ1) is 13.3. The molecule has 0 aromatic heterocycles. The fourth-order valence-electron chi connectivity index (χ4n) is 2.73. The molecule has 1 N–H and O–H groups in total. The lowest BCUT2D eigenvalue weighted by molar-refractivity contribution is 0.0427. The zero-order valence-electron chi connectivity index (χ0n) is 11.2. The van der Waals surface area contributed by atoms with Gasteiger partial charge in [0.25, 0.3) is 5.92 Å². The molecule has 0 radical (unpaired) electrons. The average molecular weight is 273 g/mol. The quantitative estimate of drug-likeness (QED) is 0.881. The molecule has 3 rings (SSSR count). The molecule has 1 fully saturated rings. The Labute approximate surface area is 117 Å². The monoisotopic (exact) mass is 273 g/mol. The molecule has 0 aliphatic carbocycles. The molecule has 1 atom stereocenters. The lowest BCUT2D eigenvalue weighted by Crippen LogP contribution is -2.17. The highest BCUT2D eigenvalue weighted by molar-refractivity contribution is 5.36. The van der Waals surface area contributed by atoms with E-state index in [0.29, 0.717) is 0 Å². The van der Waals surface area contributed by atoms with E-state index in [4.69, 9.17) is 0 Å². The van der Waals surface area contributed by atoms with Crippen molar-refractivity contribution < 1.29 is 8.78 Å². The van der Waals surface area contributed by atoms with Crippen molar-refractivity contribution in [1.82, 2.24) is 5.32 Å². The van der Waals surface area contributed by atoms with Crippen molar-refractivity contribution in [2.24, 2.45) is 0 Å². The zero-order valence-corrected chi connectivity index (χ0v) is 11.2. The maximum Gasteiger partial charge on any atom is 0.298 e. The van der Waals surface area contributed by atoms with Crippen LogP contribution in [0.15, 0.2) is 54.6 Å². The molecule has 0 bridgehead atoms. The summed E-state index contributed by atoms with van der Waals surface area (Å²) in [6, 6.07) is 15.0. The molecule has 0 amide bonds. The second-order valence-electron chi connectivity index (χ2n) is 5.21. The minimum atomic E-state index is -2.95. The summed E-state index contributed by atoms with van der Waals surface area (Å²) in [4.78, 5) is 0. The molecular weight excluding hydrogens is 256 g/mol. The van der Waals surface area contributed by atoms with E-state index in [1.807, 2.05) is 6.07 Å². The first-order valence-corrected chi connectivity index (χ1v) is 6.95. The van der Waals surface area contributed by atoms with Crippen LogP contribution in [-0.4, -0.2) is 6.54 Å². The zero-order chi connectivity index (χ0) is 14.0. The highest BCUT2D eigenvalue weighted by Crippen LogP contribution is 2.37. The molecule has 20 heavy (non-hydrogen) atoms. The van der Waals surface area contributed by atoms with Crippen molar-refractivity contribution in [2.75, 3.05) is 6.54 Å². The maximum atomic E-state index is 14.5. The van der Waals surface area contributed by atoms with Gasteiger partial charge >= 0.3 is 0 Å². The summed E-state index contributed by atoms with van der Waals surface area (Å²) in [5.74, 6) is -2.95. The van der Waals surface area contributed by atoms with Gasteiger partial charge in [-0.05, 0) is 31.0 Å². The van der Waals surface area contributed by atoms with Gasteiger partial charge in [-0.2, -0.15) is 8.78 Å². The van der Waals surface area contributed by atoms with Crippen LogP contribution in [0.5, 0.6) is 0 Å². The van der Waals surface area contributed by atoms with Crippen molar-refractivity contribution >= 4 is 0 Å². The summed E-state index contributed by atoms with van der Waals surface area (Å²) in [5.41, 5.74) is 1.06. The third kappa shape index (κ3) is 2.46. The summed E-state index contributed by atoms with van der Waals surface area (Å²) in [6.07, 6.45) is 2.12. The largest absolute Gasteiger partial charge is 0.310 e. The first-order chi connectivity index (χ1) is 9.68. The van der Waals surface area contributed by atoms with E-state index < -0.39 is 5.92 Å². The van der Waals surface area contributed by atoms with Gasteiger partial charge in [0.2, 0.25) is 0 Å². The molecular formula is C17H17F2N. The molecule has 1 aliphatic heterocycles. The van der Waals surface area contributed by atoms with Crippen molar-refractivity contribution in [3.8, 4) is 0 Å². The van der Waals surface area contributed by atoms with Crippen molar-refractivity contribution in [1.29, 1.82) is 0 Å². The number of halogens is 2. The van der Waals surface area contributed by atoms with E-state index in [1.165, 1.54) is 18.2 Å². The van der Waals surface area contributed by atoms with Crippen LogP contribution in [0.3, 0.4) is 0 Å². The average Bonchev–Trinajstić information content (AvgIpc) is 3.03. The number of nitrogens with one attached hydrogen (secondary N) is 1. The van der Waals surface area contributed by atoms with Crippen LogP contribution in [0.4, 0.5) is 8.78 Å². The van der Waals surface area contributed by atoms with E-state index in [0.717, 1.165) is 24.9 Å². The van der Waals surface area contributed by atoms with Gasteiger partial charge < -0.3 is 5.32 Å². The fraction of sp³-hybridized carbons (Fsp3) is 0.294. The van der Waals surface area contributed by atoms with E-state index in [-0.39, 0.29) is 17.2 Å². The summed E-state index contributed by atoms with van der Waals surface area (Å²) < 4.78 is 29.1. The fourth-order valence-corrected chi connectivity index (χ4v) is 2.73. The molecule has 3 heteroatoms. The van der Waals surface area contributed by atoms with Gasteiger partial charge in [-0.15, -0.1) is 0 Å². The van der Waals surface area contributed by atoms with Crippen LogP contribution >= 0.6 is 0 Å². The minimum Gasteiger partial charge on any atom is -0.310 e. The molecule has 1 aliphatic rings. The van der Waals surface area contributed by atoms with Crippen LogP contribution in [0.25, 0.3) is 0 Å².